The van der Waals surface area contributed by atoms with Crippen molar-refractivity contribution in [2.75, 3.05) is 0 Å². The van der Waals surface area contributed by atoms with E-state index in [0.29, 0.717) is 4.83 Å². The van der Waals surface area contributed by atoms with Crippen LogP contribution in [-0.2, 0) is 0 Å². The number of pyridine rings is 2. The normalized spacial score (nSPS) is 18.8. The van der Waals surface area contributed by atoms with Gasteiger partial charge in [0.25, 0.3) is 0 Å². The van der Waals surface area contributed by atoms with Crippen LogP contribution < -0.4 is 4.40 Å². The van der Waals surface area contributed by atoms with Gasteiger partial charge in [-0.15, -0.1) is 0 Å². The molecule has 1 unspecified atom stereocenters. The highest BCUT2D eigenvalue weighted by Crippen LogP contribution is 2.25. The van der Waals surface area contributed by atoms with E-state index in [0.717, 1.165) is 0 Å². The molecule has 0 saturated heterocycles. The monoisotopic (exact) mass is 246 g/mol. The van der Waals surface area contributed by atoms with Gasteiger partial charge in [-0.2, -0.15) is 4.40 Å². The summed E-state index contributed by atoms with van der Waals surface area (Å²) < 4.78 is 2.28. The molecule has 0 bridgehead atoms. The smallest absolute Gasteiger partial charge is 0.156 e. The molecule has 3 heterocycles. The van der Waals surface area contributed by atoms with Crippen LogP contribution in [0.2, 0.25) is 0 Å². The molecule has 1 atom stereocenters. The van der Waals surface area contributed by atoms with E-state index in [1.807, 2.05) is 0 Å². The maximum atomic E-state index is 3.64. The predicted molar refractivity (Wildman–Crippen MR) is 60.3 cm³/mol. The number of alkyl halides is 1. The zero-order valence-corrected chi connectivity index (χ0v) is 9.11. The summed E-state index contributed by atoms with van der Waals surface area (Å²) in [5.74, 6) is 0. The van der Waals surface area contributed by atoms with E-state index < -0.39 is 0 Å². The molecule has 68 valence electrons. The molecule has 2 heteroatoms. The average molecular weight is 247 g/mol. The lowest BCUT2D eigenvalue weighted by Gasteiger charge is -2.08. The molecule has 0 aliphatic carbocycles. The molecule has 1 aliphatic heterocycles. The van der Waals surface area contributed by atoms with Gasteiger partial charge < -0.3 is 0 Å². The highest BCUT2D eigenvalue weighted by molar-refractivity contribution is 9.09. The Labute approximate surface area is 90.8 Å². The molecule has 0 saturated carbocycles. The molecule has 0 radical (unpaired) electrons. The van der Waals surface area contributed by atoms with Crippen LogP contribution in [0.4, 0.5) is 0 Å². The summed E-state index contributed by atoms with van der Waals surface area (Å²) in [4.78, 5) is 0.325. The van der Waals surface area contributed by atoms with Crippen molar-refractivity contribution >= 4 is 27.5 Å². The zero-order valence-electron chi connectivity index (χ0n) is 7.52. The molecular formula is C12H9BrN+. The topological polar surface area (TPSA) is 4.10 Å². The SMILES string of the molecule is BrC1C=Cc2cccc3cccc1[n+]23. The van der Waals surface area contributed by atoms with E-state index in [1.54, 1.807) is 0 Å². The van der Waals surface area contributed by atoms with Crippen LogP contribution in [0.25, 0.3) is 11.6 Å². The van der Waals surface area contributed by atoms with Crippen LogP contribution in [0.1, 0.15) is 16.2 Å². The van der Waals surface area contributed by atoms with E-state index in [4.69, 9.17) is 0 Å². The summed E-state index contributed by atoms with van der Waals surface area (Å²) >= 11 is 3.64. The highest BCUT2D eigenvalue weighted by Gasteiger charge is 2.22. The number of halogens is 1. The Balaban J connectivity index is 2.52. The van der Waals surface area contributed by atoms with Crippen molar-refractivity contribution < 1.29 is 4.40 Å². The number of aromatic nitrogens is 1. The molecule has 3 rings (SSSR count). The fraction of sp³-hybridized carbons (Fsp3) is 0.0833. The first-order chi connectivity index (χ1) is 6.86. The summed E-state index contributed by atoms with van der Waals surface area (Å²) in [7, 11) is 0. The summed E-state index contributed by atoms with van der Waals surface area (Å²) in [5, 5.41) is 0. The Kier molecular flexibility index (Phi) is 1.71. The molecule has 0 aromatic carbocycles. The van der Waals surface area contributed by atoms with E-state index in [2.05, 4.69) is 68.9 Å². The largest absolute Gasteiger partial charge is 0.211 e. The second-order valence-electron chi connectivity index (χ2n) is 3.42. The molecule has 0 fully saturated rings. The molecule has 1 aliphatic rings. The Hall–Kier alpha value is -1.15. The number of hydrogen-bond acceptors (Lipinski definition) is 0. The Morgan fingerprint density at radius 2 is 1.86 bits per heavy atom. The van der Waals surface area contributed by atoms with Crippen LogP contribution in [0, 0.1) is 0 Å². The van der Waals surface area contributed by atoms with Gasteiger partial charge in [-0.25, -0.2) is 0 Å². The molecule has 2 aromatic heterocycles. The van der Waals surface area contributed by atoms with Crippen molar-refractivity contribution in [3.63, 3.8) is 0 Å². The number of allylic oxidation sites excluding steroid dienone is 1. The molecule has 0 amide bonds. The van der Waals surface area contributed by atoms with Crippen molar-refractivity contribution in [3.05, 3.63) is 53.9 Å². The highest BCUT2D eigenvalue weighted by atomic mass is 79.9. The van der Waals surface area contributed by atoms with Gasteiger partial charge in [-0.3, -0.25) is 0 Å². The maximum absolute atomic E-state index is 3.64. The van der Waals surface area contributed by atoms with Crippen LogP contribution in [0.15, 0.2) is 42.5 Å². The maximum Gasteiger partial charge on any atom is 0.211 e. The Morgan fingerprint density at radius 3 is 2.71 bits per heavy atom. The first kappa shape index (κ1) is 8.18. The van der Waals surface area contributed by atoms with Gasteiger partial charge in [0.1, 0.15) is 4.83 Å². The Bertz CT molecular complexity index is 526. The van der Waals surface area contributed by atoms with Crippen molar-refractivity contribution in [1.29, 1.82) is 0 Å². The summed E-state index contributed by atoms with van der Waals surface area (Å²) in [5.41, 5.74) is 3.78. The molecule has 0 N–H and O–H groups in total. The van der Waals surface area contributed by atoms with Crippen molar-refractivity contribution in [3.8, 4) is 0 Å². The summed E-state index contributed by atoms with van der Waals surface area (Å²) in [6.45, 7) is 0. The predicted octanol–water partition coefficient (Wildman–Crippen LogP) is 2.89. The third-order valence-corrected chi connectivity index (χ3v) is 3.34. The standard InChI is InChI=1S/C12H9BrN/c13-11-8-7-10-4-1-3-9-5-2-6-12(11)14(9)10/h1-8,11H/q+1. The third kappa shape index (κ3) is 1.04. The van der Waals surface area contributed by atoms with Crippen molar-refractivity contribution in [1.82, 2.24) is 0 Å². The van der Waals surface area contributed by atoms with E-state index >= 15 is 0 Å². The van der Waals surface area contributed by atoms with Crippen LogP contribution in [0.5, 0.6) is 0 Å². The second kappa shape index (κ2) is 2.92. The van der Waals surface area contributed by atoms with E-state index in [9.17, 15) is 0 Å². The van der Waals surface area contributed by atoms with Crippen molar-refractivity contribution in [2.45, 2.75) is 4.83 Å². The summed E-state index contributed by atoms with van der Waals surface area (Å²) in [6, 6.07) is 12.7. The van der Waals surface area contributed by atoms with Gasteiger partial charge >= 0.3 is 0 Å². The van der Waals surface area contributed by atoms with Crippen LogP contribution >= 0.6 is 15.9 Å². The quantitative estimate of drug-likeness (QED) is 0.498. The van der Waals surface area contributed by atoms with Gasteiger partial charge in [0, 0.05) is 30.3 Å². The minimum Gasteiger partial charge on any atom is -0.156 e. The lowest BCUT2D eigenvalue weighted by molar-refractivity contribution is -0.524. The molecule has 2 aromatic rings. The average Bonchev–Trinajstić information content (AvgIpc) is 2.24. The first-order valence-electron chi connectivity index (χ1n) is 4.62. The fourth-order valence-corrected chi connectivity index (χ4v) is 2.43. The van der Waals surface area contributed by atoms with Gasteiger partial charge in [0.15, 0.2) is 0 Å². The van der Waals surface area contributed by atoms with E-state index in [1.165, 1.54) is 16.9 Å². The van der Waals surface area contributed by atoms with Gasteiger partial charge in [-0.1, -0.05) is 22.0 Å². The molecular weight excluding hydrogens is 238 g/mol. The minimum absolute atomic E-state index is 0.325. The lowest BCUT2D eigenvalue weighted by Crippen LogP contribution is -2.33. The van der Waals surface area contributed by atoms with Gasteiger partial charge in [0.2, 0.25) is 16.9 Å². The van der Waals surface area contributed by atoms with Crippen LogP contribution in [-0.4, -0.2) is 0 Å². The van der Waals surface area contributed by atoms with Crippen molar-refractivity contribution in [2.24, 2.45) is 0 Å². The lowest BCUT2D eigenvalue weighted by atomic mass is 10.1. The Morgan fingerprint density at radius 1 is 1.07 bits per heavy atom. The van der Waals surface area contributed by atoms with Gasteiger partial charge in [-0.05, 0) is 12.1 Å². The number of hydrogen-bond donors (Lipinski definition) is 0. The molecule has 14 heavy (non-hydrogen) atoms. The molecule has 1 nitrogen and oxygen atoms in total. The van der Waals surface area contributed by atoms with E-state index in [-0.39, 0.29) is 0 Å². The minimum atomic E-state index is 0.325. The zero-order chi connectivity index (χ0) is 9.54. The first-order valence-corrected chi connectivity index (χ1v) is 5.54. The van der Waals surface area contributed by atoms with Gasteiger partial charge in [0.05, 0.1) is 0 Å². The number of nitrogens with zero attached hydrogens (tertiary/aromatic N) is 1. The third-order valence-electron chi connectivity index (χ3n) is 2.56. The second-order valence-corrected chi connectivity index (χ2v) is 4.41. The van der Waals surface area contributed by atoms with Crippen LogP contribution in [0.3, 0.4) is 0 Å². The summed E-state index contributed by atoms with van der Waals surface area (Å²) in [6.07, 6.45) is 4.32. The number of rotatable bonds is 0. The fourth-order valence-electron chi connectivity index (χ4n) is 1.92. The molecule has 0 spiro atoms.